The smallest absolute Gasteiger partial charge is 0.232 e. The van der Waals surface area contributed by atoms with E-state index in [2.05, 4.69) is 9.36 Å². The number of anilines is 1. The fourth-order valence-electron chi connectivity index (χ4n) is 2.91. The zero-order valence-corrected chi connectivity index (χ0v) is 15.8. The number of aryl methyl sites for hydroxylation is 2. The summed E-state index contributed by atoms with van der Waals surface area (Å²) in [5.74, 6) is -0.793. The van der Waals surface area contributed by atoms with Crippen molar-refractivity contribution >= 4 is 22.8 Å². The quantitative estimate of drug-likeness (QED) is 0.531. The van der Waals surface area contributed by atoms with Gasteiger partial charge in [-0.25, -0.2) is 9.30 Å². The minimum atomic E-state index is -5.98. The van der Waals surface area contributed by atoms with Gasteiger partial charge in [-0.15, -0.1) is 3.89 Å². The summed E-state index contributed by atoms with van der Waals surface area (Å²) in [6, 6.07) is 11.6. The summed E-state index contributed by atoms with van der Waals surface area (Å²) in [4.78, 5) is 3.01. The Morgan fingerprint density at radius 3 is 1.83 bits per heavy atom. The highest BCUT2D eigenvalue weighted by molar-refractivity contribution is 7.84. The van der Waals surface area contributed by atoms with Crippen molar-refractivity contribution in [3.05, 3.63) is 65.2 Å². The molecule has 1 aliphatic heterocycles. The van der Waals surface area contributed by atoms with Crippen LogP contribution in [0.5, 0.6) is 0 Å². The van der Waals surface area contributed by atoms with E-state index >= 15 is 3.89 Å². The lowest BCUT2D eigenvalue weighted by molar-refractivity contribution is -0.291. The average Bonchev–Trinajstić information content (AvgIpc) is 2.61. The lowest BCUT2D eigenvalue weighted by atomic mass is 10.1. The van der Waals surface area contributed by atoms with Crippen LogP contribution in [-0.2, 0) is 11.3 Å². The summed E-state index contributed by atoms with van der Waals surface area (Å²) in [5, 5.41) is 0. The largest absolute Gasteiger partial charge is 0.444 e. The van der Waals surface area contributed by atoms with Crippen molar-refractivity contribution in [1.82, 2.24) is 0 Å². The number of hydrogen-bond acceptors (Lipinski definition) is 3. The molecule has 0 amide bonds. The van der Waals surface area contributed by atoms with Gasteiger partial charge in [-0.05, 0) is 25.0 Å². The summed E-state index contributed by atoms with van der Waals surface area (Å²) >= 11 is -3.30. The predicted molar refractivity (Wildman–Crippen MR) is 97.1 cm³/mol. The Morgan fingerprint density at radius 2 is 1.34 bits per heavy atom. The molecule has 1 heterocycles. The molecule has 0 fully saturated rings. The maximum Gasteiger partial charge on any atom is 0.444 e. The molecule has 1 aliphatic rings. The average molecular weight is 437 g/mol. The number of para-hydroxylation sites is 1. The van der Waals surface area contributed by atoms with Crippen LogP contribution in [0.25, 0.3) is 0 Å². The molecule has 3 nitrogen and oxygen atoms in total. The van der Waals surface area contributed by atoms with Crippen molar-refractivity contribution in [2.45, 2.75) is 31.9 Å². The van der Waals surface area contributed by atoms with Crippen LogP contribution < -0.4 is 4.31 Å². The second-order valence-electron chi connectivity index (χ2n) is 6.31. The molecule has 2 aromatic rings. The third-order valence-corrected chi connectivity index (χ3v) is 5.36. The number of amidine groups is 1. The van der Waals surface area contributed by atoms with Crippen molar-refractivity contribution < 1.29 is 30.2 Å². The van der Waals surface area contributed by atoms with Crippen molar-refractivity contribution in [2.24, 2.45) is 9.36 Å². The lowest BCUT2D eigenvalue weighted by Gasteiger charge is -2.37. The molecule has 1 atom stereocenters. The summed E-state index contributed by atoms with van der Waals surface area (Å²) < 4.78 is 99.6. The topological polar surface area (TPSA) is 28.0 Å². The van der Waals surface area contributed by atoms with Crippen LogP contribution in [0.1, 0.15) is 16.7 Å². The van der Waals surface area contributed by atoms with E-state index in [-0.39, 0.29) is 11.3 Å². The van der Waals surface area contributed by atoms with Gasteiger partial charge in [0.2, 0.25) is 0 Å². The van der Waals surface area contributed by atoms with Gasteiger partial charge < -0.3 is 0 Å². The molecule has 0 saturated carbocycles. The molecular formula is C18H14F7N3S. The first-order valence-electron chi connectivity index (χ1n) is 8.18. The van der Waals surface area contributed by atoms with Crippen LogP contribution in [0, 0.1) is 13.8 Å². The van der Waals surface area contributed by atoms with Gasteiger partial charge in [-0.1, -0.05) is 48.5 Å². The van der Waals surface area contributed by atoms with Crippen molar-refractivity contribution in [3.8, 4) is 0 Å². The van der Waals surface area contributed by atoms with E-state index in [1.165, 1.54) is 30.3 Å². The van der Waals surface area contributed by atoms with E-state index < -0.39 is 35.1 Å². The summed E-state index contributed by atoms with van der Waals surface area (Å²) in [7, 11) is 0. The summed E-state index contributed by atoms with van der Waals surface area (Å²) in [6.45, 7) is 3.13. The number of nitrogens with zero attached hydrogens (tertiary/aromatic N) is 3. The summed E-state index contributed by atoms with van der Waals surface area (Å²) in [6.07, 6.45) is -12.0. The van der Waals surface area contributed by atoms with Gasteiger partial charge in [0.25, 0.3) is 0 Å². The zero-order chi connectivity index (χ0) is 21.6. The summed E-state index contributed by atoms with van der Waals surface area (Å²) in [5.41, 5.74) is -3.98. The third-order valence-electron chi connectivity index (χ3n) is 4.28. The SMILES string of the molecule is Cc1cccc(C)c1N1C(c2ccccc2)=NC(C(F)(F)F)(C(F)(F)F)N=S1F. The molecule has 156 valence electrons. The first kappa shape index (κ1) is 21.3. The predicted octanol–water partition coefficient (Wildman–Crippen LogP) is 5.99. The van der Waals surface area contributed by atoms with Crippen molar-refractivity contribution in [3.63, 3.8) is 0 Å². The first-order chi connectivity index (χ1) is 13.4. The molecule has 2 aromatic carbocycles. The van der Waals surface area contributed by atoms with Gasteiger partial charge in [-0.2, -0.15) is 30.7 Å². The van der Waals surface area contributed by atoms with Crippen LogP contribution in [0.2, 0.25) is 0 Å². The Balaban J connectivity index is 2.37. The van der Waals surface area contributed by atoms with Crippen molar-refractivity contribution in [1.29, 1.82) is 0 Å². The van der Waals surface area contributed by atoms with E-state index in [9.17, 15) is 26.3 Å². The minimum absolute atomic E-state index is 0.0990. The van der Waals surface area contributed by atoms with Crippen LogP contribution in [0.4, 0.5) is 35.9 Å². The highest BCUT2D eigenvalue weighted by Gasteiger charge is 2.74. The molecule has 0 spiro atoms. The van der Waals surface area contributed by atoms with E-state index in [0.29, 0.717) is 15.4 Å². The van der Waals surface area contributed by atoms with Gasteiger partial charge in [0, 0.05) is 5.56 Å². The Morgan fingerprint density at radius 1 is 0.828 bits per heavy atom. The number of hydrogen-bond donors (Lipinski definition) is 0. The second kappa shape index (κ2) is 7.12. The fraction of sp³-hybridized carbons (Fsp3) is 0.278. The van der Waals surface area contributed by atoms with Crippen LogP contribution in [-0.4, -0.2) is 23.9 Å². The molecule has 0 N–H and O–H groups in total. The molecule has 0 saturated heterocycles. The zero-order valence-electron chi connectivity index (χ0n) is 15.0. The van der Waals surface area contributed by atoms with Gasteiger partial charge >= 0.3 is 18.0 Å². The Kier molecular flexibility index (Phi) is 5.22. The highest BCUT2D eigenvalue weighted by Crippen LogP contribution is 2.50. The molecule has 0 bridgehead atoms. The Hall–Kier alpha value is -2.43. The highest BCUT2D eigenvalue weighted by atomic mass is 32.2. The van der Waals surface area contributed by atoms with E-state index in [4.69, 9.17) is 0 Å². The molecule has 0 radical (unpaired) electrons. The van der Waals surface area contributed by atoms with Crippen molar-refractivity contribution in [2.75, 3.05) is 4.31 Å². The van der Waals surface area contributed by atoms with Gasteiger partial charge in [0.1, 0.15) is 0 Å². The first-order valence-corrected chi connectivity index (χ1v) is 9.21. The fourth-order valence-corrected chi connectivity index (χ4v) is 4.18. The molecule has 11 heteroatoms. The maximum absolute atomic E-state index is 15.1. The number of rotatable bonds is 2. The normalized spacial score (nSPS) is 19.6. The Labute approximate surface area is 164 Å². The maximum atomic E-state index is 15.1. The standard InChI is InChI=1S/C18H14F7N3S/c1-11-7-6-8-12(2)14(11)28-15(13-9-4-3-5-10-13)26-16(17(19,20)21,18(22,23)24)27-29(28)25/h3-10H,1-2H3. The van der Waals surface area contributed by atoms with Crippen LogP contribution in [0.15, 0.2) is 57.9 Å². The van der Waals surface area contributed by atoms with E-state index in [1.54, 1.807) is 32.0 Å². The van der Waals surface area contributed by atoms with E-state index in [0.717, 1.165) is 0 Å². The lowest BCUT2D eigenvalue weighted by Crippen LogP contribution is -2.58. The van der Waals surface area contributed by atoms with Gasteiger partial charge in [0.05, 0.1) is 5.69 Å². The minimum Gasteiger partial charge on any atom is -0.232 e. The monoisotopic (exact) mass is 437 g/mol. The number of alkyl halides is 6. The third kappa shape index (κ3) is 3.52. The molecule has 29 heavy (non-hydrogen) atoms. The number of halogens is 7. The van der Waals surface area contributed by atoms with Crippen LogP contribution >= 0.6 is 0 Å². The number of aliphatic imine (C=N–C) groups is 1. The molecule has 0 aliphatic carbocycles. The number of benzene rings is 2. The van der Waals surface area contributed by atoms with Gasteiger partial charge in [-0.3, -0.25) is 0 Å². The molecular weight excluding hydrogens is 423 g/mol. The van der Waals surface area contributed by atoms with Crippen LogP contribution in [0.3, 0.4) is 0 Å². The van der Waals surface area contributed by atoms with E-state index in [1.807, 2.05) is 0 Å². The second-order valence-corrected chi connectivity index (χ2v) is 7.30. The van der Waals surface area contributed by atoms with Gasteiger partial charge in [0.15, 0.2) is 17.1 Å². The Bertz CT molecular complexity index is 947. The molecule has 0 aromatic heterocycles. The molecule has 1 unspecified atom stereocenters. The molecule has 3 rings (SSSR count).